The van der Waals surface area contributed by atoms with Crippen molar-refractivity contribution in [3.05, 3.63) is 65.7 Å². The van der Waals surface area contributed by atoms with Gasteiger partial charge in [0.1, 0.15) is 5.75 Å². The molecule has 2 unspecified atom stereocenters. The third-order valence-electron chi connectivity index (χ3n) is 5.14. The quantitative estimate of drug-likeness (QED) is 0.583. The first-order valence-corrected chi connectivity index (χ1v) is 9.66. The van der Waals surface area contributed by atoms with Crippen molar-refractivity contribution in [2.45, 2.75) is 38.4 Å². The van der Waals surface area contributed by atoms with Gasteiger partial charge in [-0.05, 0) is 32.0 Å². The highest BCUT2D eigenvalue weighted by atomic mass is 16.5. The molecule has 0 aliphatic carbocycles. The third kappa shape index (κ3) is 5.47. The van der Waals surface area contributed by atoms with E-state index in [1.165, 1.54) is 5.56 Å². The Morgan fingerprint density at radius 2 is 1.96 bits per heavy atom. The van der Waals surface area contributed by atoms with Gasteiger partial charge in [-0.15, -0.1) is 0 Å². The number of nitrogens with two attached hydrogens (primary N) is 1. The maximum Gasteiger partial charge on any atom is 0.189 e. The van der Waals surface area contributed by atoms with Crippen molar-refractivity contribution in [1.29, 1.82) is 0 Å². The monoisotopic (exact) mass is 366 g/mol. The number of guanidine groups is 1. The van der Waals surface area contributed by atoms with Crippen LogP contribution in [0.3, 0.4) is 0 Å². The van der Waals surface area contributed by atoms with Crippen molar-refractivity contribution in [3.63, 3.8) is 0 Å². The second-order valence-corrected chi connectivity index (χ2v) is 7.18. The highest BCUT2D eigenvalue weighted by molar-refractivity contribution is 5.78. The van der Waals surface area contributed by atoms with Gasteiger partial charge in [-0.3, -0.25) is 9.89 Å². The summed E-state index contributed by atoms with van der Waals surface area (Å²) in [5, 5.41) is 3.35. The summed E-state index contributed by atoms with van der Waals surface area (Å²) in [5.74, 6) is 1.44. The summed E-state index contributed by atoms with van der Waals surface area (Å²) >= 11 is 0. The van der Waals surface area contributed by atoms with E-state index in [1.807, 2.05) is 24.3 Å². The van der Waals surface area contributed by atoms with Crippen LogP contribution in [0, 0.1) is 0 Å². The molecule has 3 N–H and O–H groups in total. The standard InChI is InChI=1S/C22H30N4O/c1-17(26(2)16-18-8-4-3-5-9-18)12-14-24-22(23)25-20-13-15-27-21-11-7-6-10-19(20)21/h3-11,17,20H,12-16H2,1-2H3,(H3,23,24,25). The number of para-hydroxylation sites is 1. The SMILES string of the molecule is CC(CCN=C(N)NC1CCOc2ccccc21)N(C)Cc1ccccc1. The normalized spacial score (nSPS) is 17.9. The van der Waals surface area contributed by atoms with Crippen molar-refractivity contribution in [1.82, 2.24) is 10.2 Å². The van der Waals surface area contributed by atoms with E-state index in [2.05, 4.69) is 59.5 Å². The maximum absolute atomic E-state index is 6.13. The molecule has 27 heavy (non-hydrogen) atoms. The number of aliphatic imine (C=N–C) groups is 1. The molecular weight excluding hydrogens is 336 g/mol. The molecule has 1 aliphatic heterocycles. The molecule has 0 radical (unpaired) electrons. The van der Waals surface area contributed by atoms with Gasteiger partial charge in [0, 0.05) is 31.1 Å². The second-order valence-electron chi connectivity index (χ2n) is 7.18. The van der Waals surface area contributed by atoms with E-state index >= 15 is 0 Å². The Balaban J connectivity index is 1.47. The van der Waals surface area contributed by atoms with Crippen molar-refractivity contribution in [3.8, 4) is 5.75 Å². The van der Waals surface area contributed by atoms with Gasteiger partial charge in [-0.2, -0.15) is 0 Å². The van der Waals surface area contributed by atoms with Gasteiger partial charge in [0.15, 0.2) is 5.96 Å². The van der Waals surface area contributed by atoms with Crippen LogP contribution in [0.25, 0.3) is 0 Å². The number of hydrogen-bond acceptors (Lipinski definition) is 3. The Kier molecular flexibility index (Phi) is 6.71. The lowest BCUT2D eigenvalue weighted by Gasteiger charge is -2.27. The van der Waals surface area contributed by atoms with Crippen LogP contribution in [-0.4, -0.2) is 37.1 Å². The lowest BCUT2D eigenvalue weighted by atomic mass is 10.0. The van der Waals surface area contributed by atoms with E-state index in [0.29, 0.717) is 25.2 Å². The average Bonchev–Trinajstić information content (AvgIpc) is 2.69. The smallest absolute Gasteiger partial charge is 0.189 e. The fourth-order valence-corrected chi connectivity index (χ4v) is 3.34. The van der Waals surface area contributed by atoms with Gasteiger partial charge in [-0.1, -0.05) is 48.5 Å². The fraction of sp³-hybridized carbons (Fsp3) is 0.409. The van der Waals surface area contributed by atoms with E-state index in [4.69, 9.17) is 10.5 Å². The second kappa shape index (κ2) is 9.42. The molecule has 1 heterocycles. The van der Waals surface area contributed by atoms with Crippen molar-refractivity contribution in [2.24, 2.45) is 10.7 Å². The van der Waals surface area contributed by atoms with E-state index < -0.39 is 0 Å². The Bertz CT molecular complexity index is 747. The minimum absolute atomic E-state index is 0.164. The van der Waals surface area contributed by atoms with E-state index in [1.54, 1.807) is 0 Å². The minimum atomic E-state index is 0.164. The fourth-order valence-electron chi connectivity index (χ4n) is 3.34. The van der Waals surface area contributed by atoms with Gasteiger partial charge in [0.25, 0.3) is 0 Å². The molecule has 2 aromatic rings. The predicted molar refractivity (Wildman–Crippen MR) is 111 cm³/mol. The molecule has 5 heteroatoms. The van der Waals surface area contributed by atoms with Crippen LogP contribution in [0.2, 0.25) is 0 Å². The lowest BCUT2D eigenvalue weighted by molar-refractivity contribution is 0.240. The van der Waals surface area contributed by atoms with Crippen molar-refractivity contribution in [2.75, 3.05) is 20.2 Å². The van der Waals surface area contributed by atoms with Crippen LogP contribution in [-0.2, 0) is 6.54 Å². The largest absolute Gasteiger partial charge is 0.493 e. The zero-order valence-corrected chi connectivity index (χ0v) is 16.3. The maximum atomic E-state index is 6.13. The summed E-state index contributed by atoms with van der Waals surface area (Å²) in [7, 11) is 2.15. The van der Waals surface area contributed by atoms with E-state index in [9.17, 15) is 0 Å². The van der Waals surface area contributed by atoms with Crippen molar-refractivity contribution >= 4 is 5.96 Å². The number of hydrogen-bond donors (Lipinski definition) is 2. The lowest BCUT2D eigenvalue weighted by Crippen LogP contribution is -2.37. The number of fused-ring (bicyclic) bond motifs is 1. The number of benzene rings is 2. The van der Waals surface area contributed by atoms with Crippen LogP contribution < -0.4 is 15.8 Å². The van der Waals surface area contributed by atoms with Gasteiger partial charge in [0.05, 0.1) is 12.6 Å². The van der Waals surface area contributed by atoms with Gasteiger partial charge < -0.3 is 15.8 Å². The molecule has 2 atom stereocenters. The molecule has 0 saturated heterocycles. The average molecular weight is 367 g/mol. The molecule has 144 valence electrons. The number of nitrogens with zero attached hydrogens (tertiary/aromatic N) is 2. The third-order valence-corrected chi connectivity index (χ3v) is 5.14. The van der Waals surface area contributed by atoms with Crippen LogP contribution in [0.1, 0.15) is 36.9 Å². The zero-order chi connectivity index (χ0) is 19.1. The van der Waals surface area contributed by atoms with Crippen LogP contribution >= 0.6 is 0 Å². The van der Waals surface area contributed by atoms with Gasteiger partial charge >= 0.3 is 0 Å². The Labute approximate surface area is 162 Å². The molecule has 0 spiro atoms. The number of rotatable bonds is 7. The summed E-state index contributed by atoms with van der Waals surface area (Å²) in [5.41, 5.74) is 8.61. The summed E-state index contributed by atoms with van der Waals surface area (Å²) in [4.78, 5) is 6.89. The molecule has 5 nitrogen and oxygen atoms in total. The van der Waals surface area contributed by atoms with Crippen LogP contribution in [0.15, 0.2) is 59.6 Å². The van der Waals surface area contributed by atoms with E-state index in [-0.39, 0.29) is 6.04 Å². The first kappa shape index (κ1) is 19.2. The number of ether oxygens (including phenoxy) is 1. The Morgan fingerprint density at radius 1 is 1.22 bits per heavy atom. The summed E-state index contributed by atoms with van der Waals surface area (Å²) in [6.07, 6.45) is 1.86. The number of nitrogens with one attached hydrogen (secondary N) is 1. The Hall–Kier alpha value is -2.53. The summed E-state index contributed by atoms with van der Waals surface area (Å²) < 4.78 is 5.70. The molecule has 0 saturated carbocycles. The van der Waals surface area contributed by atoms with Gasteiger partial charge in [0.2, 0.25) is 0 Å². The molecule has 1 aliphatic rings. The predicted octanol–water partition coefficient (Wildman–Crippen LogP) is 3.33. The van der Waals surface area contributed by atoms with Crippen molar-refractivity contribution < 1.29 is 4.74 Å². The molecule has 2 aromatic carbocycles. The topological polar surface area (TPSA) is 62.9 Å². The molecule has 0 fully saturated rings. The highest BCUT2D eigenvalue weighted by Crippen LogP contribution is 2.31. The molecular formula is C22H30N4O. The molecule has 0 bridgehead atoms. The molecule has 3 rings (SSSR count). The minimum Gasteiger partial charge on any atom is -0.493 e. The summed E-state index contributed by atoms with van der Waals surface area (Å²) in [6.45, 7) is 4.59. The van der Waals surface area contributed by atoms with Gasteiger partial charge in [-0.25, -0.2) is 0 Å². The highest BCUT2D eigenvalue weighted by Gasteiger charge is 2.21. The van der Waals surface area contributed by atoms with Crippen LogP contribution in [0.4, 0.5) is 0 Å². The molecule has 0 aromatic heterocycles. The zero-order valence-electron chi connectivity index (χ0n) is 16.3. The molecule has 0 amide bonds. The Morgan fingerprint density at radius 3 is 2.78 bits per heavy atom. The summed E-state index contributed by atoms with van der Waals surface area (Å²) in [6, 6.07) is 19.2. The van der Waals surface area contributed by atoms with Crippen LogP contribution in [0.5, 0.6) is 5.75 Å². The first-order valence-electron chi connectivity index (χ1n) is 9.66. The first-order chi connectivity index (χ1) is 13.1. The van der Waals surface area contributed by atoms with E-state index in [0.717, 1.165) is 30.7 Å².